The van der Waals surface area contributed by atoms with Crippen LogP contribution in [0.15, 0.2) is 0 Å². The summed E-state index contributed by atoms with van der Waals surface area (Å²) in [7, 11) is 1.38. The molecule has 0 saturated carbocycles. The number of nitrogens with one attached hydrogen (secondary N) is 1. The van der Waals surface area contributed by atoms with Crippen molar-refractivity contribution in [1.82, 2.24) is 15.0 Å². The summed E-state index contributed by atoms with van der Waals surface area (Å²) in [5, 5.41) is 2.92. The molecule has 1 N–H and O–H groups in total. The van der Waals surface area contributed by atoms with Crippen LogP contribution in [0.4, 0.5) is 19.1 Å². The van der Waals surface area contributed by atoms with E-state index in [0.717, 1.165) is 6.42 Å². The van der Waals surface area contributed by atoms with Gasteiger partial charge in [0.15, 0.2) is 0 Å². The first-order valence-corrected chi connectivity index (χ1v) is 6.18. The second-order valence-corrected chi connectivity index (χ2v) is 3.92. The van der Waals surface area contributed by atoms with Gasteiger partial charge in [-0.05, 0) is 12.8 Å². The Balaban J connectivity index is 2.55. The first-order chi connectivity index (χ1) is 9.44. The van der Waals surface area contributed by atoms with Crippen LogP contribution in [0.25, 0.3) is 0 Å². The molecule has 0 amide bonds. The third-order valence-electron chi connectivity index (χ3n) is 2.15. The van der Waals surface area contributed by atoms with E-state index in [-0.39, 0.29) is 31.0 Å². The standard InChI is InChI=1S/C11H17F3N4O2/c1-3-6-15-8-16-9(19-2)18-10(17-8)20-7-4-5-11(12,13)14/h3-7H2,1-2H3,(H,15,16,17,18). The fourth-order valence-electron chi connectivity index (χ4n) is 1.25. The first kappa shape index (κ1) is 16.3. The number of nitrogens with zero attached hydrogens (tertiary/aromatic N) is 3. The minimum absolute atomic E-state index is 0.0458. The molecule has 0 fully saturated rings. The van der Waals surface area contributed by atoms with Gasteiger partial charge < -0.3 is 14.8 Å². The molecule has 0 spiro atoms. The number of alkyl halides is 3. The minimum Gasteiger partial charge on any atom is -0.467 e. The molecule has 20 heavy (non-hydrogen) atoms. The molecule has 6 nitrogen and oxygen atoms in total. The largest absolute Gasteiger partial charge is 0.467 e. The fourth-order valence-corrected chi connectivity index (χ4v) is 1.25. The van der Waals surface area contributed by atoms with Crippen molar-refractivity contribution in [3.8, 4) is 12.0 Å². The Labute approximate surface area is 114 Å². The number of hydrogen-bond donors (Lipinski definition) is 1. The number of rotatable bonds is 8. The van der Waals surface area contributed by atoms with Crippen LogP contribution in [0.3, 0.4) is 0 Å². The highest BCUT2D eigenvalue weighted by atomic mass is 19.4. The lowest BCUT2D eigenvalue weighted by molar-refractivity contribution is -0.136. The Morgan fingerprint density at radius 3 is 2.45 bits per heavy atom. The topological polar surface area (TPSA) is 69.2 Å². The van der Waals surface area contributed by atoms with Crippen molar-refractivity contribution in [3.05, 3.63) is 0 Å². The predicted octanol–water partition coefficient (Wildman–Crippen LogP) is 2.42. The zero-order valence-corrected chi connectivity index (χ0v) is 11.3. The Morgan fingerprint density at radius 2 is 1.85 bits per heavy atom. The molecule has 0 radical (unpaired) electrons. The molecule has 1 aromatic heterocycles. The summed E-state index contributed by atoms with van der Waals surface area (Å²) in [4.78, 5) is 11.7. The lowest BCUT2D eigenvalue weighted by Crippen LogP contribution is -2.12. The van der Waals surface area contributed by atoms with E-state index in [4.69, 9.17) is 9.47 Å². The van der Waals surface area contributed by atoms with Crippen LogP contribution in [0.5, 0.6) is 12.0 Å². The number of anilines is 1. The average molecular weight is 294 g/mol. The van der Waals surface area contributed by atoms with Crippen LogP contribution in [-0.2, 0) is 0 Å². The molecule has 9 heteroatoms. The molecule has 114 valence electrons. The summed E-state index contributed by atoms with van der Waals surface area (Å²) in [6, 6.07) is -0.0120. The SMILES string of the molecule is CCCNc1nc(OC)nc(OCCCC(F)(F)F)n1. The van der Waals surface area contributed by atoms with Gasteiger partial charge >= 0.3 is 18.2 Å². The molecule has 1 aromatic rings. The predicted molar refractivity (Wildman–Crippen MR) is 65.9 cm³/mol. The van der Waals surface area contributed by atoms with Gasteiger partial charge in [0.05, 0.1) is 13.7 Å². The van der Waals surface area contributed by atoms with Gasteiger partial charge in [0.1, 0.15) is 0 Å². The van der Waals surface area contributed by atoms with E-state index in [1.807, 2.05) is 6.92 Å². The molecular formula is C11H17F3N4O2. The van der Waals surface area contributed by atoms with E-state index < -0.39 is 12.6 Å². The van der Waals surface area contributed by atoms with Crippen LogP contribution < -0.4 is 14.8 Å². The van der Waals surface area contributed by atoms with Crippen molar-refractivity contribution >= 4 is 5.95 Å². The van der Waals surface area contributed by atoms with E-state index in [1.165, 1.54) is 7.11 Å². The fraction of sp³-hybridized carbons (Fsp3) is 0.727. The Kier molecular flexibility index (Phi) is 6.26. The smallest absolute Gasteiger partial charge is 0.389 e. The van der Waals surface area contributed by atoms with Crippen LogP contribution >= 0.6 is 0 Å². The monoisotopic (exact) mass is 294 g/mol. The highest BCUT2D eigenvalue weighted by Gasteiger charge is 2.26. The van der Waals surface area contributed by atoms with Gasteiger partial charge in [-0.25, -0.2) is 0 Å². The van der Waals surface area contributed by atoms with Crippen molar-refractivity contribution in [1.29, 1.82) is 0 Å². The average Bonchev–Trinajstić information content (AvgIpc) is 2.40. The molecule has 0 saturated heterocycles. The molecule has 0 aromatic carbocycles. The Hall–Kier alpha value is -1.80. The van der Waals surface area contributed by atoms with Gasteiger partial charge in [0, 0.05) is 13.0 Å². The van der Waals surface area contributed by atoms with Crippen LogP contribution in [0.1, 0.15) is 26.2 Å². The zero-order chi connectivity index (χ0) is 15.0. The second kappa shape index (κ2) is 7.71. The highest BCUT2D eigenvalue weighted by molar-refractivity contribution is 5.27. The Morgan fingerprint density at radius 1 is 1.15 bits per heavy atom. The van der Waals surface area contributed by atoms with Gasteiger partial charge in [-0.1, -0.05) is 6.92 Å². The van der Waals surface area contributed by atoms with Crippen molar-refractivity contribution in [2.24, 2.45) is 0 Å². The maximum absolute atomic E-state index is 12.0. The number of hydrogen-bond acceptors (Lipinski definition) is 6. The number of ether oxygens (including phenoxy) is 2. The molecule has 0 aliphatic carbocycles. The summed E-state index contributed by atoms with van der Waals surface area (Å²) in [6.07, 6.45) is -4.38. The van der Waals surface area contributed by atoms with Crippen molar-refractivity contribution in [2.45, 2.75) is 32.4 Å². The molecule has 0 atom stereocenters. The summed E-state index contributed by atoms with van der Waals surface area (Å²) in [5.74, 6) is 0.268. The molecule has 1 heterocycles. The van der Waals surface area contributed by atoms with E-state index in [1.54, 1.807) is 0 Å². The number of aromatic nitrogens is 3. The summed E-state index contributed by atoms with van der Waals surface area (Å²) in [6.45, 7) is 2.50. The van der Waals surface area contributed by atoms with Crippen molar-refractivity contribution < 1.29 is 22.6 Å². The van der Waals surface area contributed by atoms with E-state index in [0.29, 0.717) is 6.54 Å². The summed E-state index contributed by atoms with van der Waals surface area (Å²) < 4.78 is 45.9. The summed E-state index contributed by atoms with van der Waals surface area (Å²) >= 11 is 0. The number of halogens is 3. The van der Waals surface area contributed by atoms with Crippen molar-refractivity contribution in [2.75, 3.05) is 25.6 Å². The van der Waals surface area contributed by atoms with Gasteiger partial charge in [0.2, 0.25) is 5.95 Å². The second-order valence-electron chi connectivity index (χ2n) is 3.92. The maximum atomic E-state index is 12.0. The normalized spacial score (nSPS) is 11.2. The molecule has 1 rings (SSSR count). The maximum Gasteiger partial charge on any atom is 0.389 e. The third-order valence-corrected chi connectivity index (χ3v) is 2.15. The minimum atomic E-state index is -4.19. The molecule has 0 aliphatic heterocycles. The van der Waals surface area contributed by atoms with Crippen LogP contribution in [0, 0.1) is 0 Å². The van der Waals surface area contributed by atoms with Gasteiger partial charge in [-0.15, -0.1) is 4.98 Å². The van der Waals surface area contributed by atoms with Crippen molar-refractivity contribution in [3.63, 3.8) is 0 Å². The van der Waals surface area contributed by atoms with E-state index in [2.05, 4.69) is 20.3 Å². The number of methoxy groups -OCH3 is 1. The quantitative estimate of drug-likeness (QED) is 0.743. The van der Waals surface area contributed by atoms with Gasteiger partial charge in [-0.3, -0.25) is 0 Å². The molecule has 0 aliphatic rings. The molecular weight excluding hydrogens is 277 g/mol. The lowest BCUT2D eigenvalue weighted by Gasteiger charge is -2.09. The molecule has 0 unspecified atom stereocenters. The zero-order valence-electron chi connectivity index (χ0n) is 11.3. The van der Waals surface area contributed by atoms with Crippen LogP contribution in [0.2, 0.25) is 0 Å². The van der Waals surface area contributed by atoms with Gasteiger partial charge in [0.25, 0.3) is 0 Å². The Bertz CT molecular complexity index is 415. The van der Waals surface area contributed by atoms with E-state index in [9.17, 15) is 13.2 Å². The van der Waals surface area contributed by atoms with E-state index >= 15 is 0 Å². The molecule has 0 bridgehead atoms. The third kappa shape index (κ3) is 6.39. The highest BCUT2D eigenvalue weighted by Crippen LogP contribution is 2.21. The van der Waals surface area contributed by atoms with Crippen LogP contribution in [-0.4, -0.2) is 41.4 Å². The van der Waals surface area contributed by atoms with Gasteiger partial charge in [-0.2, -0.15) is 23.1 Å². The first-order valence-electron chi connectivity index (χ1n) is 6.18. The lowest BCUT2D eigenvalue weighted by atomic mass is 10.3. The summed E-state index contributed by atoms with van der Waals surface area (Å²) in [5.41, 5.74) is 0.